The van der Waals surface area contributed by atoms with Gasteiger partial charge in [-0.3, -0.25) is 4.40 Å². The molecule has 0 fully saturated rings. The first-order valence-corrected chi connectivity index (χ1v) is 15.9. The summed E-state index contributed by atoms with van der Waals surface area (Å²) >= 11 is 0. The second-order valence-electron chi connectivity index (χ2n) is 10.4. The summed E-state index contributed by atoms with van der Waals surface area (Å²) in [7, 11) is -2.61. The quantitative estimate of drug-likeness (QED) is 0.189. The average molecular weight is 543 g/mol. The minimum absolute atomic E-state index is 0.621. The first-order valence-electron chi connectivity index (χ1n) is 13.9. The van der Waals surface area contributed by atoms with Crippen LogP contribution in [0.2, 0.25) is 0 Å². The van der Waals surface area contributed by atoms with Crippen molar-refractivity contribution in [2.75, 3.05) is 0 Å². The number of rotatable bonds is 5. The van der Waals surface area contributed by atoms with E-state index in [0.29, 0.717) is 5.84 Å². The fourth-order valence-corrected chi connectivity index (χ4v) is 11.2. The molecule has 0 bridgehead atoms. The molecule has 0 amide bonds. The van der Waals surface area contributed by atoms with Crippen molar-refractivity contribution in [3.63, 3.8) is 0 Å². The number of fused-ring (bicyclic) bond motifs is 5. The molecule has 0 spiro atoms. The van der Waals surface area contributed by atoms with Gasteiger partial charge >= 0.3 is 5.84 Å². The molecule has 0 atom stereocenters. The Morgan fingerprint density at radius 3 is 1.68 bits per heavy atom. The fraction of sp³-hybridized carbons (Fsp3) is 0. The lowest BCUT2D eigenvalue weighted by molar-refractivity contribution is 0.643. The van der Waals surface area contributed by atoms with Crippen molar-refractivity contribution in [3.05, 3.63) is 158 Å². The van der Waals surface area contributed by atoms with Crippen LogP contribution in [0.25, 0.3) is 39.1 Å². The van der Waals surface area contributed by atoms with Crippen molar-refractivity contribution in [1.29, 1.82) is 0 Å². The van der Waals surface area contributed by atoms with Crippen LogP contribution in [0.15, 0.2) is 162 Å². The molecule has 8 aromatic rings. The predicted octanol–water partition coefficient (Wildman–Crippen LogP) is 6.28. The number of oxazole rings is 1. The van der Waals surface area contributed by atoms with Crippen LogP contribution in [0, 0.1) is 0 Å². The summed E-state index contributed by atoms with van der Waals surface area (Å²) in [6.45, 7) is 0. The monoisotopic (exact) mass is 542 g/mol. The highest BCUT2D eigenvalue weighted by Crippen LogP contribution is 2.30. The Hall–Kier alpha value is -5.19. The highest BCUT2D eigenvalue weighted by atomic mass is 28.3. The summed E-state index contributed by atoms with van der Waals surface area (Å²) in [5.41, 5.74) is 6.18. The van der Waals surface area contributed by atoms with E-state index >= 15 is 0 Å². The number of hydrogen-bond acceptors (Lipinski definition) is 2. The molecule has 6 aromatic carbocycles. The Kier molecular flexibility index (Phi) is 5.47. The first kappa shape index (κ1) is 23.7. The van der Waals surface area contributed by atoms with Gasteiger partial charge in [-0.15, -0.1) is 0 Å². The van der Waals surface area contributed by atoms with Crippen molar-refractivity contribution >= 4 is 56.8 Å². The molecule has 0 saturated carbocycles. The predicted molar refractivity (Wildman–Crippen MR) is 172 cm³/mol. The maximum Gasteiger partial charge on any atom is 0.307 e. The van der Waals surface area contributed by atoms with Crippen molar-refractivity contribution in [3.8, 4) is 11.1 Å². The third-order valence-corrected chi connectivity index (χ3v) is 13.0. The molecule has 0 aliphatic carbocycles. The van der Waals surface area contributed by atoms with Crippen LogP contribution in [0.5, 0.6) is 0 Å². The van der Waals surface area contributed by atoms with Crippen LogP contribution in [0.4, 0.5) is 0 Å². The molecule has 8 rings (SSSR count). The second kappa shape index (κ2) is 9.47. The Balaban J connectivity index is 1.38. The lowest BCUT2D eigenvalue weighted by Crippen LogP contribution is -2.74. The third kappa shape index (κ3) is 3.69. The molecular weight excluding hydrogens is 517 g/mol. The summed E-state index contributed by atoms with van der Waals surface area (Å²) in [5.74, 6) is 0.621. The van der Waals surface area contributed by atoms with Gasteiger partial charge in [-0.2, -0.15) is 4.98 Å². The number of para-hydroxylation sites is 2. The molecule has 4 heteroatoms. The minimum Gasteiger partial charge on any atom is -0.423 e. The van der Waals surface area contributed by atoms with Crippen molar-refractivity contribution in [2.24, 2.45) is 0 Å². The highest BCUT2D eigenvalue weighted by Gasteiger charge is 2.41. The minimum atomic E-state index is -2.61. The third-order valence-electron chi connectivity index (χ3n) is 8.18. The summed E-state index contributed by atoms with van der Waals surface area (Å²) in [6.07, 6.45) is 0. The molecule has 194 valence electrons. The average Bonchev–Trinajstić information content (AvgIpc) is 3.59. The Bertz CT molecular complexity index is 2050. The Labute approximate surface area is 239 Å². The van der Waals surface area contributed by atoms with E-state index < -0.39 is 8.07 Å². The smallest absolute Gasteiger partial charge is 0.307 e. The topological polar surface area (TPSA) is 30.4 Å². The van der Waals surface area contributed by atoms with E-state index in [1.165, 1.54) is 26.3 Å². The standard InChI is InChI=1S/C37H26N2OSi/c1-4-14-29(15-5-1)41(30-16-6-2-7-17-30,31-18-8-3-9-19-31)32-20-12-13-27(25-32)28-23-24-36-35(26-28)39-34-22-11-10-21-33(34)38-37(39)40-36/h1-26H. The van der Waals surface area contributed by atoms with E-state index in [9.17, 15) is 0 Å². The lowest BCUT2D eigenvalue weighted by atomic mass is 10.1. The van der Waals surface area contributed by atoms with Gasteiger partial charge in [0.1, 0.15) is 0 Å². The van der Waals surface area contributed by atoms with Gasteiger partial charge in [0.25, 0.3) is 0 Å². The molecule has 0 saturated heterocycles. The van der Waals surface area contributed by atoms with Gasteiger partial charge in [0.2, 0.25) is 0 Å². The zero-order chi connectivity index (χ0) is 27.2. The molecule has 0 N–H and O–H groups in total. The number of benzene rings is 6. The van der Waals surface area contributed by atoms with Crippen molar-refractivity contribution in [2.45, 2.75) is 0 Å². The van der Waals surface area contributed by atoms with Gasteiger partial charge in [0, 0.05) is 0 Å². The van der Waals surface area contributed by atoms with E-state index in [-0.39, 0.29) is 0 Å². The number of nitrogens with zero attached hydrogens (tertiary/aromatic N) is 2. The summed E-state index contributed by atoms with van der Waals surface area (Å²) < 4.78 is 8.26. The van der Waals surface area contributed by atoms with Gasteiger partial charge in [-0.25, -0.2) is 0 Å². The Morgan fingerprint density at radius 2 is 1.02 bits per heavy atom. The summed E-state index contributed by atoms with van der Waals surface area (Å²) in [6, 6.07) is 56.9. The SMILES string of the molecule is c1ccc([Si](c2ccccc2)(c2ccccc2)c2cccc(-c3ccc4oc5nc6ccccc6n5c4c3)c2)cc1. The molecule has 2 heterocycles. The zero-order valence-corrected chi connectivity index (χ0v) is 23.3. The zero-order valence-electron chi connectivity index (χ0n) is 22.3. The van der Waals surface area contributed by atoms with Gasteiger partial charge in [0.05, 0.1) is 16.6 Å². The van der Waals surface area contributed by atoms with E-state index in [0.717, 1.165) is 27.7 Å². The van der Waals surface area contributed by atoms with Crippen LogP contribution in [0.1, 0.15) is 0 Å². The van der Waals surface area contributed by atoms with E-state index in [1.54, 1.807) is 0 Å². The molecule has 0 aliphatic rings. The summed E-state index contributed by atoms with van der Waals surface area (Å²) in [5, 5.41) is 5.45. The number of hydrogen-bond donors (Lipinski definition) is 0. The van der Waals surface area contributed by atoms with E-state index in [4.69, 9.17) is 9.40 Å². The first-order chi connectivity index (χ1) is 20.3. The van der Waals surface area contributed by atoms with Crippen LogP contribution >= 0.6 is 0 Å². The molecule has 0 radical (unpaired) electrons. The van der Waals surface area contributed by atoms with Crippen LogP contribution < -0.4 is 20.7 Å². The summed E-state index contributed by atoms with van der Waals surface area (Å²) in [4.78, 5) is 4.70. The molecule has 0 aliphatic heterocycles. The van der Waals surface area contributed by atoms with Gasteiger partial charge in [0.15, 0.2) is 13.7 Å². The van der Waals surface area contributed by atoms with Gasteiger partial charge in [-0.1, -0.05) is 133 Å². The Morgan fingerprint density at radius 1 is 0.463 bits per heavy atom. The lowest BCUT2D eigenvalue weighted by Gasteiger charge is -2.34. The van der Waals surface area contributed by atoms with Crippen LogP contribution in [-0.2, 0) is 0 Å². The normalized spacial score (nSPS) is 11.9. The fourth-order valence-electron chi connectivity index (χ4n) is 6.36. The van der Waals surface area contributed by atoms with Gasteiger partial charge < -0.3 is 4.42 Å². The molecule has 0 unspecified atom stereocenters. The molecule has 3 nitrogen and oxygen atoms in total. The molecule has 2 aromatic heterocycles. The van der Waals surface area contributed by atoms with Gasteiger partial charge in [-0.05, 0) is 56.1 Å². The van der Waals surface area contributed by atoms with Crippen LogP contribution in [-0.4, -0.2) is 17.5 Å². The van der Waals surface area contributed by atoms with Crippen molar-refractivity contribution < 1.29 is 4.42 Å². The maximum absolute atomic E-state index is 6.14. The molecule has 41 heavy (non-hydrogen) atoms. The van der Waals surface area contributed by atoms with Crippen molar-refractivity contribution in [1.82, 2.24) is 9.38 Å². The molecular formula is C37H26N2OSi. The van der Waals surface area contributed by atoms with E-state index in [2.05, 4.69) is 144 Å². The largest absolute Gasteiger partial charge is 0.423 e. The van der Waals surface area contributed by atoms with E-state index in [1.807, 2.05) is 18.2 Å². The highest BCUT2D eigenvalue weighted by molar-refractivity contribution is 7.19. The van der Waals surface area contributed by atoms with Crippen LogP contribution in [0.3, 0.4) is 0 Å². The number of aromatic nitrogens is 2. The second-order valence-corrected chi connectivity index (χ2v) is 14.2. The maximum atomic E-state index is 6.14. The number of imidazole rings is 1.